The Morgan fingerprint density at radius 3 is 2.56 bits per heavy atom. The van der Waals surface area contributed by atoms with Gasteiger partial charge in [0.05, 0.1) is 18.5 Å². The van der Waals surface area contributed by atoms with E-state index in [0.29, 0.717) is 28.8 Å². The normalized spacial score (nSPS) is 15.8. The molecule has 1 saturated heterocycles. The molecule has 1 aliphatic heterocycles. The molecule has 0 radical (unpaired) electrons. The monoisotopic (exact) mass is 584 g/mol. The molecule has 3 amide bonds. The Hall–Kier alpha value is -4.64. The third-order valence-corrected chi connectivity index (χ3v) is 7.89. The standard InChI is InChI=1S/C32H40N8O3/c1-4-31(41)35-24-11-8-12-26(19-24)40(32(42)36-23-9-6-5-7-10-23)30-21-29(33-22-34-30)37-27-14-13-25(20-28(27)43-3)39-17-15-38(2)16-18-39/h4,8,11-14,19-23H,1,5-7,9-10,15-18H2,2-3H3,(H,35,41)(H,36,42)(H,33,34,37). The predicted molar refractivity (Wildman–Crippen MR) is 171 cm³/mol. The molecule has 1 saturated carbocycles. The number of carbonyl (C=O) groups is 2. The summed E-state index contributed by atoms with van der Waals surface area (Å²) in [5.41, 5.74) is 2.94. The Labute approximate surface area is 252 Å². The molecule has 3 aromatic rings. The molecule has 0 unspecified atom stereocenters. The van der Waals surface area contributed by atoms with Crippen LogP contribution in [-0.2, 0) is 4.79 Å². The summed E-state index contributed by atoms with van der Waals surface area (Å²) in [5, 5.41) is 9.30. The summed E-state index contributed by atoms with van der Waals surface area (Å²) in [5.74, 6) is 1.24. The Balaban J connectivity index is 1.42. The first-order chi connectivity index (χ1) is 20.9. The summed E-state index contributed by atoms with van der Waals surface area (Å²) in [6, 6.07) is 14.7. The number of methoxy groups -OCH3 is 1. The van der Waals surface area contributed by atoms with Gasteiger partial charge in [-0.25, -0.2) is 19.7 Å². The van der Waals surface area contributed by atoms with Gasteiger partial charge < -0.3 is 30.5 Å². The first-order valence-electron chi connectivity index (χ1n) is 14.8. The van der Waals surface area contributed by atoms with Crippen LogP contribution in [0.25, 0.3) is 0 Å². The van der Waals surface area contributed by atoms with Crippen molar-refractivity contribution in [2.24, 2.45) is 0 Å². The van der Waals surface area contributed by atoms with Crippen LogP contribution in [0.1, 0.15) is 32.1 Å². The third kappa shape index (κ3) is 7.61. The lowest BCUT2D eigenvalue weighted by Gasteiger charge is -2.34. The number of anilines is 6. The zero-order chi connectivity index (χ0) is 30.2. The van der Waals surface area contributed by atoms with Crippen LogP contribution >= 0.6 is 0 Å². The van der Waals surface area contributed by atoms with Gasteiger partial charge in [0.15, 0.2) is 0 Å². The smallest absolute Gasteiger partial charge is 0.327 e. The molecule has 2 aliphatic rings. The number of ether oxygens (including phenoxy) is 1. The van der Waals surface area contributed by atoms with Gasteiger partial charge in [-0.3, -0.25) is 4.79 Å². The van der Waals surface area contributed by atoms with E-state index in [0.717, 1.165) is 63.2 Å². The number of benzene rings is 2. The maximum Gasteiger partial charge on any atom is 0.327 e. The number of hydrogen-bond acceptors (Lipinski definition) is 8. The number of likely N-dealkylation sites (N-methyl/N-ethyl adjacent to an activating group) is 1. The van der Waals surface area contributed by atoms with E-state index >= 15 is 0 Å². The number of amides is 3. The molecule has 5 rings (SSSR count). The lowest BCUT2D eigenvalue weighted by molar-refractivity contribution is -0.111. The highest BCUT2D eigenvalue weighted by molar-refractivity contribution is 6.02. The maximum atomic E-state index is 13.8. The highest BCUT2D eigenvalue weighted by Gasteiger charge is 2.25. The van der Waals surface area contributed by atoms with Crippen LogP contribution < -0.4 is 30.5 Å². The fourth-order valence-corrected chi connectivity index (χ4v) is 5.48. The Morgan fingerprint density at radius 1 is 1.02 bits per heavy atom. The van der Waals surface area contributed by atoms with Crippen LogP contribution in [0.15, 0.2) is 67.5 Å². The average molecular weight is 585 g/mol. The molecule has 11 heteroatoms. The number of rotatable bonds is 9. The summed E-state index contributed by atoms with van der Waals surface area (Å²) < 4.78 is 5.74. The summed E-state index contributed by atoms with van der Waals surface area (Å²) in [4.78, 5) is 40.8. The van der Waals surface area contributed by atoms with Crippen LogP contribution in [0.4, 0.5) is 39.2 Å². The van der Waals surface area contributed by atoms with Crippen LogP contribution in [0.5, 0.6) is 5.75 Å². The zero-order valence-electron chi connectivity index (χ0n) is 24.9. The highest BCUT2D eigenvalue weighted by atomic mass is 16.5. The minimum absolute atomic E-state index is 0.0925. The largest absolute Gasteiger partial charge is 0.494 e. The second-order valence-electron chi connectivity index (χ2n) is 10.9. The molecule has 0 bridgehead atoms. The van der Waals surface area contributed by atoms with E-state index in [4.69, 9.17) is 4.74 Å². The number of carbonyl (C=O) groups excluding carboxylic acids is 2. The summed E-state index contributed by atoms with van der Waals surface area (Å²) in [6.45, 7) is 7.46. The van der Waals surface area contributed by atoms with Crippen molar-refractivity contribution in [3.05, 3.63) is 67.5 Å². The minimum atomic E-state index is -0.337. The molecule has 226 valence electrons. The molecule has 2 aromatic carbocycles. The molecule has 3 N–H and O–H groups in total. The van der Waals surface area contributed by atoms with Gasteiger partial charge in [0, 0.05) is 55.7 Å². The molecule has 43 heavy (non-hydrogen) atoms. The Morgan fingerprint density at radius 2 is 1.81 bits per heavy atom. The molecule has 2 heterocycles. The van der Waals surface area contributed by atoms with Crippen molar-refractivity contribution in [3.63, 3.8) is 0 Å². The maximum absolute atomic E-state index is 13.8. The Kier molecular flexibility index (Phi) is 9.73. The molecule has 11 nitrogen and oxygen atoms in total. The van der Waals surface area contributed by atoms with Gasteiger partial charge in [-0.1, -0.05) is 31.9 Å². The fraction of sp³-hybridized carbons (Fsp3) is 0.375. The van der Waals surface area contributed by atoms with Gasteiger partial charge in [0.2, 0.25) is 5.91 Å². The number of nitrogens with one attached hydrogen (secondary N) is 3. The number of urea groups is 1. The van der Waals surface area contributed by atoms with Gasteiger partial charge in [0.1, 0.15) is 23.7 Å². The van der Waals surface area contributed by atoms with Crippen LogP contribution in [0.2, 0.25) is 0 Å². The lowest BCUT2D eigenvalue weighted by atomic mass is 9.96. The molecule has 2 fully saturated rings. The van der Waals surface area contributed by atoms with Gasteiger partial charge >= 0.3 is 6.03 Å². The number of aromatic nitrogens is 2. The first-order valence-corrected chi connectivity index (χ1v) is 14.8. The molecule has 1 aromatic heterocycles. The number of nitrogens with zero attached hydrogens (tertiary/aromatic N) is 5. The minimum Gasteiger partial charge on any atom is -0.494 e. The lowest BCUT2D eigenvalue weighted by Crippen LogP contribution is -2.44. The molecule has 1 aliphatic carbocycles. The van der Waals surface area contributed by atoms with Crippen molar-refractivity contribution in [2.45, 2.75) is 38.1 Å². The zero-order valence-corrected chi connectivity index (χ0v) is 24.9. The second-order valence-corrected chi connectivity index (χ2v) is 10.9. The van der Waals surface area contributed by atoms with Crippen molar-refractivity contribution >= 4 is 46.3 Å². The molecular weight excluding hydrogens is 544 g/mol. The van der Waals surface area contributed by atoms with E-state index in [-0.39, 0.29) is 18.0 Å². The van der Waals surface area contributed by atoms with E-state index in [2.05, 4.69) is 55.4 Å². The topological polar surface area (TPSA) is 115 Å². The molecule has 0 atom stereocenters. The van der Waals surface area contributed by atoms with Crippen molar-refractivity contribution in [1.29, 1.82) is 0 Å². The summed E-state index contributed by atoms with van der Waals surface area (Å²) in [7, 11) is 3.79. The van der Waals surface area contributed by atoms with Crippen LogP contribution in [-0.4, -0.2) is 73.2 Å². The quantitative estimate of drug-likeness (QED) is 0.291. The van der Waals surface area contributed by atoms with Gasteiger partial charge in [0.25, 0.3) is 0 Å². The SMILES string of the molecule is C=CC(=O)Nc1cccc(N(C(=O)NC2CCCCC2)c2cc(Nc3ccc(N4CCN(C)CC4)cc3OC)ncn2)c1. The van der Waals surface area contributed by atoms with Crippen LogP contribution in [0, 0.1) is 0 Å². The van der Waals surface area contributed by atoms with Gasteiger partial charge in [-0.05, 0) is 56.3 Å². The van der Waals surface area contributed by atoms with Crippen molar-refractivity contribution < 1.29 is 14.3 Å². The Bertz CT molecular complexity index is 1430. The fourth-order valence-electron chi connectivity index (χ4n) is 5.48. The van der Waals surface area contributed by atoms with Crippen molar-refractivity contribution in [2.75, 3.05) is 60.8 Å². The van der Waals surface area contributed by atoms with E-state index in [1.165, 1.54) is 23.7 Å². The first kappa shape index (κ1) is 29.8. The summed E-state index contributed by atoms with van der Waals surface area (Å²) >= 11 is 0. The molecule has 0 spiro atoms. The number of piperazine rings is 1. The molecular formula is C32H40N8O3. The van der Waals surface area contributed by atoms with Crippen molar-refractivity contribution in [3.8, 4) is 5.75 Å². The second kappa shape index (κ2) is 14.0. The van der Waals surface area contributed by atoms with E-state index in [1.54, 1.807) is 37.4 Å². The van der Waals surface area contributed by atoms with Crippen LogP contribution in [0.3, 0.4) is 0 Å². The van der Waals surface area contributed by atoms with E-state index in [9.17, 15) is 9.59 Å². The van der Waals surface area contributed by atoms with Crippen molar-refractivity contribution in [1.82, 2.24) is 20.2 Å². The van der Waals surface area contributed by atoms with E-state index in [1.807, 2.05) is 12.1 Å². The highest BCUT2D eigenvalue weighted by Crippen LogP contribution is 2.34. The van der Waals surface area contributed by atoms with Gasteiger partial charge in [-0.2, -0.15) is 0 Å². The summed E-state index contributed by atoms with van der Waals surface area (Å²) in [6.07, 6.45) is 7.87. The average Bonchev–Trinajstić information content (AvgIpc) is 3.02. The van der Waals surface area contributed by atoms with E-state index < -0.39 is 0 Å². The third-order valence-electron chi connectivity index (χ3n) is 7.89. The predicted octanol–water partition coefficient (Wildman–Crippen LogP) is 5.29. The van der Waals surface area contributed by atoms with Gasteiger partial charge in [-0.15, -0.1) is 0 Å². The number of hydrogen-bond donors (Lipinski definition) is 3.